The zero-order chi connectivity index (χ0) is 25.5. The van der Waals surface area contributed by atoms with Crippen molar-refractivity contribution in [2.45, 2.75) is 0 Å². The van der Waals surface area contributed by atoms with Gasteiger partial charge in [0, 0.05) is 0 Å². The number of pyridine rings is 6. The van der Waals surface area contributed by atoms with Crippen molar-refractivity contribution in [2.24, 2.45) is 0 Å². The molecule has 0 saturated carbocycles. The zero-order valence-electron chi connectivity index (χ0n) is 20.9. The van der Waals surface area contributed by atoms with Crippen LogP contribution < -0.4 is 0 Å². The van der Waals surface area contributed by atoms with Gasteiger partial charge in [-0.1, -0.05) is 74.4 Å². The molecule has 0 aliphatic heterocycles. The molecule has 212 valence electrons. The number of hydrogen-bond acceptors (Lipinski definition) is 6. The van der Waals surface area contributed by atoms with Crippen molar-refractivity contribution >= 4 is 12.4 Å². The van der Waals surface area contributed by atoms with Crippen LogP contribution in [-0.2, 0) is 49.5 Å². The molecule has 6 aromatic rings. The predicted molar refractivity (Wildman–Crippen MR) is 146 cm³/mol. The van der Waals surface area contributed by atoms with Crippen LogP contribution in [0.5, 0.6) is 0 Å². The Hall–Kier alpha value is -3.33. The third-order valence-corrected chi connectivity index (χ3v) is 3.10. The van der Waals surface area contributed by atoms with Gasteiger partial charge in [0.2, 0.25) is 0 Å². The molecule has 0 aromatic carbocycles. The first kappa shape index (κ1) is 43.7. The van der Waals surface area contributed by atoms with Crippen molar-refractivity contribution in [3.8, 4) is 0 Å². The smallest absolute Gasteiger partial charge is 0.394 e. The summed E-state index contributed by atoms with van der Waals surface area (Å²) < 4.78 is 0. The fraction of sp³-hybridized carbons (Fsp3) is 0. The van der Waals surface area contributed by atoms with Crippen LogP contribution in [0.4, 0.5) is 0 Å². The van der Waals surface area contributed by atoms with Gasteiger partial charge in [0.1, 0.15) is 0 Å². The molecule has 0 unspecified atom stereocenters. The molecule has 0 atom stereocenters. The molecular formula is C30H25ClN6Ni3. The minimum atomic E-state index is 0. The van der Waals surface area contributed by atoms with Gasteiger partial charge in [-0.2, -0.15) is 109 Å². The number of nitrogens with zero attached hydrogens (tertiary/aromatic N) is 6. The summed E-state index contributed by atoms with van der Waals surface area (Å²) in [6.07, 6.45) is 26.0. The van der Waals surface area contributed by atoms with E-state index in [1.54, 1.807) is 73.6 Å². The third kappa shape index (κ3) is 36.8. The minimum Gasteiger partial charge on any atom is -0.394 e. The quantitative estimate of drug-likeness (QED) is 0.151. The summed E-state index contributed by atoms with van der Waals surface area (Å²) in [4.78, 5) is 22.0. The molecular weight excluding hydrogens is 656 g/mol. The second kappa shape index (κ2) is 40.2. The molecule has 0 spiro atoms. The zero-order valence-corrected chi connectivity index (χ0v) is 24.7. The van der Waals surface area contributed by atoms with E-state index in [9.17, 15) is 0 Å². The second-order valence-electron chi connectivity index (χ2n) is 5.75. The fourth-order valence-corrected chi connectivity index (χ4v) is 1.66. The molecule has 0 amide bonds. The summed E-state index contributed by atoms with van der Waals surface area (Å²) in [5.74, 6) is 0. The molecule has 0 radical (unpaired) electrons. The summed E-state index contributed by atoms with van der Waals surface area (Å²) in [6.45, 7) is 0. The van der Waals surface area contributed by atoms with Gasteiger partial charge in [-0.15, -0.1) is 12.4 Å². The van der Waals surface area contributed by atoms with Crippen molar-refractivity contribution in [1.82, 2.24) is 29.9 Å². The Kier molecular flexibility index (Phi) is 43.9. The predicted octanol–water partition coefficient (Wildman–Crippen LogP) is 5.71. The van der Waals surface area contributed by atoms with E-state index in [1.165, 1.54) is 0 Å². The molecule has 6 rings (SSSR count). The maximum Gasteiger partial charge on any atom is 2.00 e. The summed E-state index contributed by atoms with van der Waals surface area (Å²) in [7, 11) is 0. The minimum absolute atomic E-state index is 0. The largest absolute Gasteiger partial charge is 2.00 e. The average Bonchev–Trinajstić information content (AvgIpc) is 3.04. The van der Waals surface area contributed by atoms with E-state index >= 15 is 0 Å². The SMILES string of the molecule is Cl.[Ni+2].[Ni+2].[Ni+2].[c-]1ccccn1.[c-]1ccccn1.[c-]1ccccn1.[c-]1ccccn1.[c-]1ccccn1.[c-]1ccccn1. The number of aromatic nitrogens is 6. The van der Waals surface area contributed by atoms with E-state index in [0.717, 1.165) is 0 Å². The third-order valence-electron chi connectivity index (χ3n) is 3.10. The number of hydrogen-bond donors (Lipinski definition) is 0. The van der Waals surface area contributed by atoms with Crippen molar-refractivity contribution in [1.29, 1.82) is 0 Å². The summed E-state index contributed by atoms with van der Waals surface area (Å²) in [6, 6.07) is 33.0. The van der Waals surface area contributed by atoms with Crippen LogP contribution in [0.2, 0.25) is 0 Å². The first-order chi connectivity index (χ1) is 18.0. The maximum atomic E-state index is 3.66. The van der Waals surface area contributed by atoms with Gasteiger partial charge in [-0.25, -0.2) is 0 Å². The van der Waals surface area contributed by atoms with Gasteiger partial charge < -0.3 is 29.9 Å². The molecule has 0 N–H and O–H groups in total. The van der Waals surface area contributed by atoms with Crippen LogP contribution in [0, 0.1) is 37.2 Å². The van der Waals surface area contributed by atoms with E-state index in [-0.39, 0.29) is 61.9 Å². The molecule has 10 heteroatoms. The van der Waals surface area contributed by atoms with Crippen molar-refractivity contribution in [3.05, 3.63) is 184 Å². The van der Waals surface area contributed by atoms with Crippen molar-refractivity contribution in [3.63, 3.8) is 0 Å². The van der Waals surface area contributed by atoms with Crippen LogP contribution in [0.3, 0.4) is 0 Å². The number of halogens is 1. The van der Waals surface area contributed by atoms with Gasteiger partial charge in [0.25, 0.3) is 0 Å². The molecule has 6 aromatic heterocycles. The van der Waals surface area contributed by atoms with Gasteiger partial charge in [0.15, 0.2) is 0 Å². The van der Waals surface area contributed by atoms with Crippen LogP contribution in [-0.4, -0.2) is 29.9 Å². The molecule has 6 heterocycles. The van der Waals surface area contributed by atoms with Gasteiger partial charge in [-0.3, -0.25) is 0 Å². The molecule has 0 bridgehead atoms. The Morgan fingerprint density at radius 1 is 0.250 bits per heavy atom. The van der Waals surface area contributed by atoms with Gasteiger partial charge >= 0.3 is 49.5 Å². The van der Waals surface area contributed by atoms with E-state index in [1.807, 2.05) is 72.8 Å². The molecule has 6 nitrogen and oxygen atoms in total. The number of rotatable bonds is 0. The summed E-state index contributed by atoms with van der Waals surface area (Å²) >= 11 is 0. The summed E-state index contributed by atoms with van der Waals surface area (Å²) in [5.41, 5.74) is 0. The Labute approximate surface area is 273 Å². The fourth-order valence-electron chi connectivity index (χ4n) is 1.66. The van der Waals surface area contributed by atoms with Crippen molar-refractivity contribution < 1.29 is 49.5 Å². The monoisotopic (exact) mass is 678 g/mol. The van der Waals surface area contributed by atoms with Gasteiger partial charge in [-0.05, 0) is 0 Å². The first-order valence-electron chi connectivity index (χ1n) is 10.6. The summed E-state index contributed by atoms with van der Waals surface area (Å²) in [5, 5.41) is 0. The molecule has 0 aliphatic carbocycles. The average molecular weight is 681 g/mol. The van der Waals surface area contributed by atoms with Crippen LogP contribution >= 0.6 is 12.4 Å². The normalized spacial score (nSPS) is 7.20. The topological polar surface area (TPSA) is 77.3 Å². The second-order valence-corrected chi connectivity index (χ2v) is 5.75. The Bertz CT molecular complexity index is 721. The first-order valence-corrected chi connectivity index (χ1v) is 10.6. The van der Waals surface area contributed by atoms with Crippen molar-refractivity contribution in [2.75, 3.05) is 0 Å². The van der Waals surface area contributed by atoms with Crippen LogP contribution in [0.1, 0.15) is 0 Å². The molecule has 40 heavy (non-hydrogen) atoms. The van der Waals surface area contributed by atoms with Crippen LogP contribution in [0.25, 0.3) is 0 Å². The Morgan fingerprint density at radius 3 is 0.425 bits per heavy atom. The van der Waals surface area contributed by atoms with E-state index in [0.29, 0.717) is 0 Å². The van der Waals surface area contributed by atoms with E-state index in [2.05, 4.69) is 67.1 Å². The molecule has 0 aliphatic rings. The van der Waals surface area contributed by atoms with E-state index in [4.69, 9.17) is 0 Å². The maximum absolute atomic E-state index is 3.66. The van der Waals surface area contributed by atoms with Crippen LogP contribution in [0.15, 0.2) is 146 Å². The Morgan fingerprint density at radius 2 is 0.400 bits per heavy atom. The standard InChI is InChI=1S/6C5H4N.ClH.3Ni/c6*1-2-4-6-5-3-1;;;;/h6*1-4H;1H;;;/q6*-1;;3*+2. The van der Waals surface area contributed by atoms with E-state index < -0.39 is 0 Å². The Balaban J connectivity index is -0.000000191. The molecule has 0 saturated heterocycles. The molecule has 0 fully saturated rings. The van der Waals surface area contributed by atoms with Gasteiger partial charge in [0.05, 0.1) is 0 Å².